The van der Waals surface area contributed by atoms with Crippen molar-refractivity contribution in [2.45, 2.75) is 45.7 Å². The van der Waals surface area contributed by atoms with Gasteiger partial charge in [-0.25, -0.2) is 4.79 Å². The molecular weight excluding hydrogens is 312 g/mol. The Kier molecular flexibility index (Phi) is 4.90. The third-order valence-corrected chi connectivity index (χ3v) is 2.99. The minimum absolute atomic E-state index is 0.0715. The second kappa shape index (κ2) is 6.55. The summed E-state index contributed by atoms with van der Waals surface area (Å²) in [7, 11) is 0. The largest absolute Gasteiger partial charge is 0.453 e. The monoisotopic (exact) mass is 330 g/mol. The molecular formula is C14H18O9. The molecule has 2 atom stereocenters. The highest BCUT2D eigenvalue weighted by molar-refractivity contribution is 5.92. The highest BCUT2D eigenvalue weighted by Crippen LogP contribution is 2.34. The lowest BCUT2D eigenvalue weighted by Crippen LogP contribution is -2.33. The van der Waals surface area contributed by atoms with E-state index in [2.05, 4.69) is 4.74 Å². The van der Waals surface area contributed by atoms with E-state index < -0.39 is 42.7 Å². The lowest BCUT2D eigenvalue weighted by molar-refractivity contribution is -0.167. The lowest BCUT2D eigenvalue weighted by atomic mass is 10.2. The Bertz CT molecular complexity index is 548. The van der Waals surface area contributed by atoms with Crippen LogP contribution in [0.2, 0.25) is 0 Å². The molecule has 0 aromatic heterocycles. The molecule has 0 radical (unpaired) electrons. The Labute approximate surface area is 132 Å². The van der Waals surface area contributed by atoms with E-state index in [1.165, 1.54) is 6.92 Å². The lowest BCUT2D eigenvalue weighted by Gasteiger charge is -2.21. The van der Waals surface area contributed by atoms with Crippen molar-refractivity contribution in [1.82, 2.24) is 0 Å². The van der Waals surface area contributed by atoms with Crippen molar-refractivity contribution in [3.05, 3.63) is 11.5 Å². The summed E-state index contributed by atoms with van der Waals surface area (Å²) in [4.78, 5) is 33.9. The normalized spacial score (nSPS) is 26.0. The van der Waals surface area contributed by atoms with Crippen molar-refractivity contribution in [2.75, 3.05) is 13.4 Å². The maximum Gasteiger partial charge on any atom is 0.378 e. The van der Waals surface area contributed by atoms with Crippen molar-refractivity contribution < 1.29 is 42.8 Å². The quantitative estimate of drug-likeness (QED) is 0.401. The molecule has 0 aromatic rings. The summed E-state index contributed by atoms with van der Waals surface area (Å²) in [6.45, 7) is 5.45. The molecule has 9 heteroatoms. The summed E-state index contributed by atoms with van der Waals surface area (Å²) in [5, 5.41) is 0. The van der Waals surface area contributed by atoms with E-state index in [9.17, 15) is 14.4 Å². The van der Waals surface area contributed by atoms with E-state index in [0.29, 0.717) is 0 Å². The molecule has 0 saturated carbocycles. The first kappa shape index (κ1) is 17.2. The van der Waals surface area contributed by atoms with Gasteiger partial charge in [0.25, 0.3) is 5.76 Å². The summed E-state index contributed by atoms with van der Waals surface area (Å²) in [5.41, 5.74) is 0. The van der Waals surface area contributed by atoms with Gasteiger partial charge in [-0.2, -0.15) is 0 Å². The minimum Gasteiger partial charge on any atom is -0.453 e. The second-order valence-electron chi connectivity index (χ2n) is 5.38. The Hall–Kier alpha value is -2.13. The molecule has 0 bridgehead atoms. The van der Waals surface area contributed by atoms with Crippen LogP contribution in [0, 0.1) is 0 Å². The van der Waals surface area contributed by atoms with Crippen molar-refractivity contribution in [1.29, 1.82) is 0 Å². The molecule has 0 spiro atoms. The second-order valence-corrected chi connectivity index (χ2v) is 5.38. The molecule has 1 fully saturated rings. The van der Waals surface area contributed by atoms with Gasteiger partial charge in [0, 0.05) is 13.8 Å². The fourth-order valence-electron chi connectivity index (χ4n) is 2.12. The fourth-order valence-corrected chi connectivity index (χ4v) is 2.12. The predicted molar refractivity (Wildman–Crippen MR) is 71.3 cm³/mol. The first-order valence-corrected chi connectivity index (χ1v) is 6.91. The van der Waals surface area contributed by atoms with E-state index in [1.54, 1.807) is 13.8 Å². The van der Waals surface area contributed by atoms with Gasteiger partial charge < -0.3 is 28.4 Å². The molecule has 1 saturated heterocycles. The van der Waals surface area contributed by atoms with Crippen molar-refractivity contribution in [3.63, 3.8) is 0 Å². The van der Waals surface area contributed by atoms with Gasteiger partial charge in [0.1, 0.15) is 6.10 Å². The number of ether oxygens (including phenoxy) is 6. The minimum atomic E-state index is -0.964. The number of rotatable bonds is 5. The Morgan fingerprint density at radius 2 is 1.96 bits per heavy atom. The van der Waals surface area contributed by atoms with Crippen LogP contribution >= 0.6 is 0 Å². The summed E-state index contributed by atoms with van der Waals surface area (Å²) >= 11 is 0. The van der Waals surface area contributed by atoms with E-state index in [1.807, 2.05) is 0 Å². The Morgan fingerprint density at radius 1 is 1.26 bits per heavy atom. The fraction of sp³-hybridized carbons (Fsp3) is 0.643. The summed E-state index contributed by atoms with van der Waals surface area (Å²) in [5.74, 6) is -3.45. The van der Waals surface area contributed by atoms with Crippen LogP contribution in [-0.4, -0.2) is 49.3 Å². The number of hydrogen-bond donors (Lipinski definition) is 0. The van der Waals surface area contributed by atoms with Crippen LogP contribution in [0.3, 0.4) is 0 Å². The van der Waals surface area contributed by atoms with Crippen molar-refractivity contribution >= 4 is 17.9 Å². The molecule has 0 aliphatic carbocycles. The smallest absolute Gasteiger partial charge is 0.378 e. The number of carbonyl (C=O) groups excluding carboxylic acids is 3. The zero-order valence-electron chi connectivity index (χ0n) is 13.2. The third-order valence-electron chi connectivity index (χ3n) is 2.99. The first-order chi connectivity index (χ1) is 10.7. The number of esters is 3. The number of hydrogen-bond acceptors (Lipinski definition) is 9. The van der Waals surface area contributed by atoms with Gasteiger partial charge in [0.2, 0.25) is 6.79 Å². The van der Waals surface area contributed by atoms with Gasteiger partial charge in [-0.15, -0.1) is 0 Å². The number of cyclic esters (lactones) is 1. The molecule has 0 N–H and O–H groups in total. The maximum absolute atomic E-state index is 11.9. The van der Waals surface area contributed by atoms with Gasteiger partial charge in [0.15, 0.2) is 17.7 Å². The van der Waals surface area contributed by atoms with Crippen LogP contribution in [0.5, 0.6) is 0 Å². The van der Waals surface area contributed by atoms with E-state index in [0.717, 1.165) is 6.92 Å². The molecule has 2 heterocycles. The van der Waals surface area contributed by atoms with Gasteiger partial charge in [0.05, 0.1) is 6.61 Å². The zero-order chi connectivity index (χ0) is 17.2. The zero-order valence-corrected chi connectivity index (χ0v) is 13.2. The SMILES string of the molecule is CC(=O)OCOC1=C(OC(C)=O)C(=O)O[C@@H]1[C@@H]1COC(C)(C)O1. The van der Waals surface area contributed by atoms with Crippen LogP contribution in [0.1, 0.15) is 27.7 Å². The molecule has 0 unspecified atom stereocenters. The van der Waals surface area contributed by atoms with E-state index >= 15 is 0 Å². The van der Waals surface area contributed by atoms with Crippen LogP contribution in [-0.2, 0) is 42.8 Å². The van der Waals surface area contributed by atoms with Gasteiger partial charge in [-0.3, -0.25) is 9.59 Å². The summed E-state index contributed by atoms with van der Waals surface area (Å²) in [6.07, 6.45) is -1.61. The Morgan fingerprint density at radius 3 is 2.48 bits per heavy atom. The molecule has 23 heavy (non-hydrogen) atoms. The number of carbonyl (C=O) groups is 3. The van der Waals surface area contributed by atoms with Crippen LogP contribution in [0.15, 0.2) is 11.5 Å². The highest BCUT2D eigenvalue weighted by atomic mass is 16.8. The maximum atomic E-state index is 11.9. The van der Waals surface area contributed by atoms with E-state index in [4.69, 9.17) is 23.7 Å². The van der Waals surface area contributed by atoms with E-state index in [-0.39, 0.29) is 18.1 Å². The molecule has 0 amide bonds. The highest BCUT2D eigenvalue weighted by Gasteiger charge is 2.48. The summed E-state index contributed by atoms with van der Waals surface area (Å²) in [6, 6.07) is 0. The topological polar surface area (TPSA) is 107 Å². The van der Waals surface area contributed by atoms with Crippen molar-refractivity contribution in [3.8, 4) is 0 Å². The summed E-state index contributed by atoms with van der Waals surface area (Å²) < 4.78 is 31.0. The van der Waals surface area contributed by atoms with Crippen LogP contribution < -0.4 is 0 Å². The van der Waals surface area contributed by atoms with Gasteiger partial charge >= 0.3 is 17.9 Å². The molecule has 0 aromatic carbocycles. The molecule has 2 aliphatic rings. The van der Waals surface area contributed by atoms with Gasteiger partial charge in [-0.1, -0.05) is 0 Å². The van der Waals surface area contributed by atoms with Crippen molar-refractivity contribution in [2.24, 2.45) is 0 Å². The Balaban J connectivity index is 2.19. The average molecular weight is 330 g/mol. The standard InChI is InChI=1S/C14H18O9/c1-7(15)18-6-19-11-10(9-5-20-14(3,4)23-9)22-13(17)12(11)21-8(2)16/h9-10H,5-6H2,1-4H3/t9-,10+/m0/s1. The molecule has 128 valence electrons. The molecule has 2 rings (SSSR count). The average Bonchev–Trinajstić information content (AvgIpc) is 2.91. The molecule has 9 nitrogen and oxygen atoms in total. The first-order valence-electron chi connectivity index (χ1n) is 6.91. The third kappa shape index (κ3) is 4.20. The van der Waals surface area contributed by atoms with Gasteiger partial charge in [-0.05, 0) is 13.8 Å². The van der Waals surface area contributed by atoms with Crippen LogP contribution in [0.4, 0.5) is 0 Å². The predicted octanol–water partition coefficient (Wildman–Crippen LogP) is 0.375. The molecule has 2 aliphatic heterocycles. The van der Waals surface area contributed by atoms with Crippen LogP contribution in [0.25, 0.3) is 0 Å².